The first kappa shape index (κ1) is 25.3. The number of nitrogens with one attached hydrogen (secondary N) is 1. The Hall–Kier alpha value is -2.33. The molecule has 0 aromatic carbocycles. The summed E-state index contributed by atoms with van der Waals surface area (Å²) in [6, 6.07) is 3.56. The zero-order valence-electron chi connectivity index (χ0n) is 21.0. The van der Waals surface area contributed by atoms with Crippen molar-refractivity contribution in [1.29, 1.82) is 0 Å². The Bertz CT molecular complexity index is 883. The van der Waals surface area contributed by atoms with Crippen molar-refractivity contribution in [2.75, 3.05) is 13.7 Å². The summed E-state index contributed by atoms with van der Waals surface area (Å²) in [4.78, 5) is 30.8. The van der Waals surface area contributed by atoms with E-state index in [9.17, 15) is 9.59 Å². The van der Waals surface area contributed by atoms with Crippen LogP contribution in [0, 0.1) is 0 Å². The van der Waals surface area contributed by atoms with Crippen LogP contribution in [0.4, 0.5) is 4.79 Å². The Morgan fingerprint density at radius 2 is 1.88 bits per heavy atom. The van der Waals surface area contributed by atoms with Gasteiger partial charge in [0.1, 0.15) is 5.60 Å². The third kappa shape index (κ3) is 5.98. The van der Waals surface area contributed by atoms with Gasteiger partial charge in [0.15, 0.2) is 0 Å². The van der Waals surface area contributed by atoms with Crippen molar-refractivity contribution in [3.05, 3.63) is 17.7 Å². The van der Waals surface area contributed by atoms with E-state index in [0.29, 0.717) is 36.4 Å². The highest BCUT2D eigenvalue weighted by molar-refractivity contribution is 6.61. The van der Waals surface area contributed by atoms with Crippen molar-refractivity contribution in [3.63, 3.8) is 0 Å². The largest absolute Gasteiger partial charge is 0.514 e. The number of carbonyl (C=O) groups excluding carboxylic acids is 2. The number of rotatable bonds is 6. The number of nitrogens with zero attached hydrogens (tertiary/aromatic N) is 2. The molecule has 0 spiro atoms. The van der Waals surface area contributed by atoms with Crippen LogP contribution in [0.1, 0.15) is 66.9 Å². The van der Waals surface area contributed by atoms with E-state index in [2.05, 4.69) is 10.3 Å². The van der Waals surface area contributed by atoms with Gasteiger partial charge < -0.3 is 29.0 Å². The third-order valence-corrected chi connectivity index (χ3v) is 6.19. The lowest BCUT2D eigenvalue weighted by Gasteiger charge is -2.32. The molecule has 10 heteroatoms. The van der Waals surface area contributed by atoms with Gasteiger partial charge in [0.2, 0.25) is 11.8 Å². The lowest BCUT2D eigenvalue weighted by Crippen LogP contribution is -2.44. The fraction of sp³-hybridized carbons (Fsp3) is 0.696. The first-order valence-corrected chi connectivity index (χ1v) is 11.4. The van der Waals surface area contributed by atoms with E-state index in [1.54, 1.807) is 4.90 Å². The van der Waals surface area contributed by atoms with Gasteiger partial charge in [-0.25, -0.2) is 9.78 Å². The number of aromatic nitrogens is 1. The van der Waals surface area contributed by atoms with Gasteiger partial charge >= 0.3 is 13.2 Å². The van der Waals surface area contributed by atoms with Crippen molar-refractivity contribution in [2.45, 2.75) is 90.7 Å². The van der Waals surface area contributed by atoms with E-state index >= 15 is 0 Å². The molecule has 33 heavy (non-hydrogen) atoms. The summed E-state index contributed by atoms with van der Waals surface area (Å²) in [6.45, 7) is 14.0. The number of carbonyl (C=O) groups is 2. The number of hydrogen-bond donors (Lipinski definition) is 1. The summed E-state index contributed by atoms with van der Waals surface area (Å²) < 4.78 is 23.3. The summed E-state index contributed by atoms with van der Waals surface area (Å²) in [7, 11) is 0.920. The zero-order chi connectivity index (χ0) is 24.6. The van der Waals surface area contributed by atoms with Crippen LogP contribution in [0.15, 0.2) is 12.1 Å². The second kappa shape index (κ2) is 9.14. The summed E-state index contributed by atoms with van der Waals surface area (Å²) in [5.74, 6) is 0.376. The fourth-order valence-corrected chi connectivity index (χ4v) is 3.69. The Kier molecular flexibility index (Phi) is 7.01. The topological polar surface area (TPSA) is 99.2 Å². The molecule has 3 heterocycles. The highest BCUT2D eigenvalue weighted by Crippen LogP contribution is 2.36. The van der Waals surface area contributed by atoms with Gasteiger partial charge in [-0.05, 0) is 61.0 Å². The lowest BCUT2D eigenvalue weighted by atomic mass is 9.84. The van der Waals surface area contributed by atoms with Crippen LogP contribution in [0.5, 0.6) is 5.88 Å². The van der Waals surface area contributed by atoms with Gasteiger partial charge in [-0.3, -0.25) is 4.79 Å². The van der Waals surface area contributed by atoms with Crippen molar-refractivity contribution < 1.29 is 28.4 Å². The zero-order valence-corrected chi connectivity index (χ0v) is 21.0. The quantitative estimate of drug-likeness (QED) is 0.650. The van der Waals surface area contributed by atoms with E-state index in [-0.39, 0.29) is 18.5 Å². The molecular weight excluding hydrogens is 425 g/mol. The number of methoxy groups -OCH3 is 1. The maximum atomic E-state index is 12.9. The minimum atomic E-state index is -0.642. The molecule has 2 aliphatic heterocycles. The van der Waals surface area contributed by atoms with E-state index in [4.69, 9.17) is 18.8 Å². The highest BCUT2D eigenvalue weighted by Gasteiger charge is 2.52. The van der Waals surface area contributed by atoms with Crippen LogP contribution in [0.2, 0.25) is 0 Å². The van der Waals surface area contributed by atoms with Gasteiger partial charge in [-0.1, -0.05) is 6.07 Å². The molecule has 1 aromatic rings. The molecule has 2 aliphatic rings. The number of pyridine rings is 1. The Labute approximate surface area is 196 Å². The molecule has 182 valence electrons. The van der Waals surface area contributed by atoms with Crippen molar-refractivity contribution in [1.82, 2.24) is 15.2 Å². The molecule has 0 radical (unpaired) electrons. The second-order valence-corrected chi connectivity index (χ2v) is 10.7. The van der Waals surface area contributed by atoms with E-state index in [0.717, 1.165) is 0 Å². The van der Waals surface area contributed by atoms with Crippen molar-refractivity contribution in [3.8, 4) is 5.88 Å². The number of ether oxygens (including phenoxy) is 2. The Balaban J connectivity index is 1.81. The molecule has 2 amide bonds. The molecule has 1 aromatic heterocycles. The SMILES string of the molecule is COc1nc(B2OC(C)(C)C(C)(C)O2)ccc1CN(C[C@@H]1CCC(=O)N1)C(=O)OC(C)(C)C. The standard InChI is InChI=1S/C23H36BN3O6/c1-21(2,3)31-20(29)27(14-16-10-12-18(28)25-16)13-15-9-11-17(26-19(15)30-8)24-32-22(4,5)23(6,7)33-24/h9,11,16H,10,12-14H2,1-8H3,(H,25,28)/t16-/m0/s1. The average Bonchev–Trinajstić information content (AvgIpc) is 3.19. The van der Waals surface area contributed by atoms with Crippen LogP contribution < -0.4 is 15.6 Å². The van der Waals surface area contributed by atoms with Gasteiger partial charge in [0, 0.05) is 24.6 Å². The molecule has 0 aliphatic carbocycles. The highest BCUT2D eigenvalue weighted by atomic mass is 16.7. The second-order valence-electron chi connectivity index (χ2n) is 10.7. The summed E-state index contributed by atoms with van der Waals surface area (Å²) in [5, 5.41) is 2.91. The molecule has 3 rings (SSSR count). The molecule has 0 unspecified atom stereocenters. The number of hydrogen-bond acceptors (Lipinski definition) is 7. The summed E-state index contributed by atoms with van der Waals surface area (Å²) in [6.07, 6.45) is 0.676. The maximum absolute atomic E-state index is 12.9. The minimum absolute atomic E-state index is 0.00449. The molecule has 9 nitrogen and oxygen atoms in total. The van der Waals surface area contributed by atoms with Gasteiger partial charge in [-0.15, -0.1) is 0 Å². The Morgan fingerprint density at radius 3 is 2.39 bits per heavy atom. The van der Waals surface area contributed by atoms with Crippen LogP contribution in [-0.2, 0) is 25.4 Å². The smallest absolute Gasteiger partial charge is 0.481 e. The van der Waals surface area contributed by atoms with Crippen LogP contribution >= 0.6 is 0 Å². The molecular formula is C23H36BN3O6. The van der Waals surface area contributed by atoms with Crippen molar-refractivity contribution in [2.24, 2.45) is 0 Å². The normalized spacial score (nSPS) is 21.6. The molecule has 2 saturated heterocycles. The first-order valence-electron chi connectivity index (χ1n) is 11.4. The first-order chi connectivity index (χ1) is 15.2. The lowest BCUT2D eigenvalue weighted by molar-refractivity contribution is -0.119. The third-order valence-electron chi connectivity index (χ3n) is 6.19. The van der Waals surface area contributed by atoms with E-state index in [1.807, 2.05) is 60.6 Å². The Morgan fingerprint density at radius 1 is 1.24 bits per heavy atom. The summed E-state index contributed by atoms with van der Waals surface area (Å²) >= 11 is 0. The van der Waals surface area contributed by atoms with E-state index in [1.165, 1.54) is 7.11 Å². The average molecular weight is 461 g/mol. The van der Waals surface area contributed by atoms with Crippen LogP contribution in [0.25, 0.3) is 0 Å². The molecule has 0 bridgehead atoms. The molecule has 0 saturated carbocycles. The van der Waals surface area contributed by atoms with E-state index < -0.39 is 30.0 Å². The predicted molar refractivity (Wildman–Crippen MR) is 124 cm³/mol. The monoisotopic (exact) mass is 461 g/mol. The maximum Gasteiger partial charge on any atom is 0.514 e. The van der Waals surface area contributed by atoms with Crippen molar-refractivity contribution >= 4 is 24.7 Å². The molecule has 1 N–H and O–H groups in total. The van der Waals surface area contributed by atoms with Crippen LogP contribution in [-0.4, -0.2) is 65.5 Å². The minimum Gasteiger partial charge on any atom is -0.481 e. The summed E-state index contributed by atoms with van der Waals surface area (Å²) in [5.41, 5.74) is -0.291. The molecule has 1 atom stereocenters. The fourth-order valence-electron chi connectivity index (χ4n) is 3.69. The molecule has 2 fully saturated rings. The van der Waals surface area contributed by atoms with Gasteiger partial charge in [0.05, 0.1) is 30.4 Å². The predicted octanol–water partition coefficient (Wildman–Crippen LogP) is 2.41. The number of amides is 2. The van der Waals surface area contributed by atoms with Gasteiger partial charge in [0.25, 0.3) is 0 Å². The van der Waals surface area contributed by atoms with Crippen LogP contribution in [0.3, 0.4) is 0 Å². The van der Waals surface area contributed by atoms with Gasteiger partial charge in [-0.2, -0.15) is 0 Å².